The minimum Gasteiger partial charge on any atom is -0.0622 e. The van der Waals surface area contributed by atoms with Crippen LogP contribution < -0.4 is 0 Å². The van der Waals surface area contributed by atoms with Crippen molar-refractivity contribution in [3.63, 3.8) is 0 Å². The Balaban J connectivity index is 1.58. The fraction of sp³-hybridized carbons (Fsp3) is 0. The molecule has 0 aromatic heterocycles. The van der Waals surface area contributed by atoms with Gasteiger partial charge in [0.05, 0.1) is 0 Å². The van der Waals surface area contributed by atoms with Crippen LogP contribution in [0.5, 0.6) is 0 Å². The van der Waals surface area contributed by atoms with Crippen molar-refractivity contribution in [3.8, 4) is 44.5 Å². The van der Waals surface area contributed by atoms with Crippen LogP contribution in [0.2, 0.25) is 0 Å². The Bertz CT molecular complexity index is 1390. The third kappa shape index (κ3) is 2.51. The minimum atomic E-state index is 1.12. The molecule has 0 saturated heterocycles. The molecule has 6 rings (SSSR count). The summed E-state index contributed by atoms with van der Waals surface area (Å²) in [6, 6.07) is 37.1. The number of benzene rings is 5. The molecule has 136 valence electrons. The molecule has 0 fully saturated rings. The second-order valence-corrected chi connectivity index (χ2v) is 8.35. The van der Waals surface area contributed by atoms with Gasteiger partial charge in [-0.25, -0.2) is 0 Å². The molecule has 0 spiro atoms. The maximum atomic E-state index is 3.86. The number of hydrogen-bond acceptors (Lipinski definition) is 0. The highest BCUT2D eigenvalue weighted by atomic mass is 79.9. The fourth-order valence-corrected chi connectivity index (χ4v) is 5.20. The second kappa shape index (κ2) is 6.43. The minimum absolute atomic E-state index is 1.12. The molecule has 0 nitrogen and oxygen atoms in total. The summed E-state index contributed by atoms with van der Waals surface area (Å²) >= 11 is 3.86. The van der Waals surface area contributed by atoms with Gasteiger partial charge in [0.1, 0.15) is 0 Å². The Morgan fingerprint density at radius 1 is 0.448 bits per heavy atom. The summed E-state index contributed by atoms with van der Waals surface area (Å²) in [6.07, 6.45) is 0. The molecule has 5 aromatic carbocycles. The van der Waals surface area contributed by atoms with E-state index in [1.807, 2.05) is 0 Å². The van der Waals surface area contributed by atoms with Crippen molar-refractivity contribution in [2.24, 2.45) is 0 Å². The summed E-state index contributed by atoms with van der Waals surface area (Å²) in [4.78, 5) is 0. The summed E-state index contributed by atoms with van der Waals surface area (Å²) in [5.74, 6) is 0. The Hall–Kier alpha value is -3.16. The maximum absolute atomic E-state index is 3.86. The van der Waals surface area contributed by atoms with Gasteiger partial charge in [0, 0.05) is 4.47 Å². The smallest absolute Gasteiger partial charge is 0.0260 e. The first-order valence-corrected chi connectivity index (χ1v) is 10.6. The lowest BCUT2D eigenvalue weighted by molar-refractivity contribution is 1.56. The maximum Gasteiger partial charge on any atom is 0.0260 e. The van der Waals surface area contributed by atoms with Crippen molar-refractivity contribution in [1.82, 2.24) is 0 Å². The van der Waals surface area contributed by atoms with E-state index in [1.165, 1.54) is 55.3 Å². The molecule has 0 radical (unpaired) electrons. The zero-order valence-electron chi connectivity index (χ0n) is 15.7. The predicted molar refractivity (Wildman–Crippen MR) is 127 cm³/mol. The van der Waals surface area contributed by atoms with Crippen molar-refractivity contribution < 1.29 is 0 Å². The molecular weight excluding hydrogens is 416 g/mol. The van der Waals surface area contributed by atoms with E-state index < -0.39 is 0 Å². The van der Waals surface area contributed by atoms with Gasteiger partial charge >= 0.3 is 0 Å². The molecule has 1 aliphatic carbocycles. The Labute approximate surface area is 178 Å². The molecule has 0 amide bonds. The van der Waals surface area contributed by atoms with E-state index in [-0.39, 0.29) is 0 Å². The van der Waals surface area contributed by atoms with Crippen LogP contribution in [-0.4, -0.2) is 0 Å². The number of halogens is 1. The third-order valence-electron chi connectivity index (χ3n) is 5.90. The van der Waals surface area contributed by atoms with Crippen molar-refractivity contribution in [2.45, 2.75) is 0 Å². The van der Waals surface area contributed by atoms with Crippen LogP contribution in [0.25, 0.3) is 55.3 Å². The molecule has 0 N–H and O–H groups in total. The zero-order chi connectivity index (χ0) is 19.4. The molecule has 0 bridgehead atoms. The molecule has 1 heteroatoms. The van der Waals surface area contributed by atoms with Crippen LogP contribution in [0.15, 0.2) is 108 Å². The summed E-state index contributed by atoms with van der Waals surface area (Å²) in [5, 5.41) is 2.68. The molecule has 0 saturated carbocycles. The second-order valence-electron chi connectivity index (χ2n) is 7.50. The zero-order valence-corrected chi connectivity index (χ0v) is 17.3. The van der Waals surface area contributed by atoms with Crippen molar-refractivity contribution in [3.05, 3.63) is 108 Å². The van der Waals surface area contributed by atoms with Gasteiger partial charge in [-0.15, -0.1) is 0 Å². The molecule has 5 aromatic rings. The first-order chi connectivity index (χ1) is 14.3. The third-order valence-corrected chi connectivity index (χ3v) is 6.55. The lowest BCUT2D eigenvalue weighted by Crippen LogP contribution is -1.87. The highest BCUT2D eigenvalue weighted by molar-refractivity contribution is 9.10. The summed E-state index contributed by atoms with van der Waals surface area (Å²) in [6.45, 7) is 0. The average Bonchev–Trinajstić information content (AvgIpc) is 3.11. The summed E-state index contributed by atoms with van der Waals surface area (Å²) in [5.41, 5.74) is 10.3. The molecule has 0 aliphatic heterocycles. The topological polar surface area (TPSA) is 0 Å². The van der Waals surface area contributed by atoms with Gasteiger partial charge in [-0.05, 0) is 61.3 Å². The van der Waals surface area contributed by atoms with Crippen molar-refractivity contribution in [2.75, 3.05) is 0 Å². The molecule has 0 heterocycles. The van der Waals surface area contributed by atoms with Crippen molar-refractivity contribution in [1.29, 1.82) is 0 Å². The van der Waals surface area contributed by atoms with Crippen LogP contribution >= 0.6 is 15.9 Å². The highest BCUT2D eigenvalue weighted by Crippen LogP contribution is 2.51. The van der Waals surface area contributed by atoms with Gasteiger partial charge in [-0.3, -0.25) is 0 Å². The summed E-state index contributed by atoms with van der Waals surface area (Å²) < 4.78 is 1.12. The first-order valence-electron chi connectivity index (χ1n) is 9.82. The van der Waals surface area contributed by atoms with Crippen LogP contribution in [0.1, 0.15) is 0 Å². The van der Waals surface area contributed by atoms with E-state index in [0.717, 1.165) is 4.47 Å². The standard InChI is InChI=1S/C28H17Br/c29-26-17-20(18-7-2-1-3-8-18)15-16-21(26)22-12-6-13-24-23-11-4-9-19-10-5-14-25(27(19)23)28(22)24/h1-17H. The largest absolute Gasteiger partial charge is 0.0622 e. The van der Waals surface area contributed by atoms with Crippen LogP contribution in [0.3, 0.4) is 0 Å². The van der Waals surface area contributed by atoms with E-state index in [0.29, 0.717) is 0 Å². The van der Waals surface area contributed by atoms with E-state index in [4.69, 9.17) is 0 Å². The van der Waals surface area contributed by atoms with Gasteiger partial charge in [0.25, 0.3) is 0 Å². The molecule has 1 aliphatic rings. The SMILES string of the molecule is Brc1cc(-c2ccccc2)ccc1-c1cccc2c1-c1cccc3cccc-2c13. The lowest BCUT2D eigenvalue weighted by atomic mass is 9.92. The van der Waals surface area contributed by atoms with Gasteiger partial charge in [0.2, 0.25) is 0 Å². The Kier molecular flexibility index (Phi) is 3.72. The first kappa shape index (κ1) is 16.8. The van der Waals surface area contributed by atoms with Crippen LogP contribution in [-0.2, 0) is 0 Å². The average molecular weight is 433 g/mol. The summed E-state index contributed by atoms with van der Waals surface area (Å²) in [7, 11) is 0. The van der Waals surface area contributed by atoms with Gasteiger partial charge in [0.15, 0.2) is 0 Å². The van der Waals surface area contributed by atoms with Gasteiger partial charge < -0.3 is 0 Å². The Morgan fingerprint density at radius 3 is 1.86 bits per heavy atom. The quantitative estimate of drug-likeness (QED) is 0.257. The van der Waals surface area contributed by atoms with E-state index >= 15 is 0 Å². The van der Waals surface area contributed by atoms with E-state index in [2.05, 4.69) is 119 Å². The molecular formula is C28H17Br. The lowest BCUT2D eigenvalue weighted by Gasteiger charge is -2.13. The van der Waals surface area contributed by atoms with Gasteiger partial charge in [-0.2, -0.15) is 0 Å². The number of hydrogen-bond donors (Lipinski definition) is 0. The fourth-order valence-electron chi connectivity index (χ4n) is 4.61. The van der Waals surface area contributed by atoms with Crippen LogP contribution in [0, 0.1) is 0 Å². The predicted octanol–water partition coefficient (Wildman–Crippen LogP) is 8.58. The molecule has 0 atom stereocenters. The van der Waals surface area contributed by atoms with Crippen molar-refractivity contribution >= 4 is 26.7 Å². The van der Waals surface area contributed by atoms with E-state index in [9.17, 15) is 0 Å². The van der Waals surface area contributed by atoms with E-state index in [1.54, 1.807) is 0 Å². The van der Waals surface area contributed by atoms with Crippen LogP contribution in [0.4, 0.5) is 0 Å². The monoisotopic (exact) mass is 432 g/mol. The van der Waals surface area contributed by atoms with Gasteiger partial charge in [-0.1, -0.05) is 113 Å². The highest BCUT2D eigenvalue weighted by Gasteiger charge is 2.24. The molecule has 0 unspecified atom stereocenters. The molecule has 29 heavy (non-hydrogen) atoms. The normalized spacial score (nSPS) is 11.6. The number of fused-ring (bicyclic) bond motifs is 3. The number of rotatable bonds is 2. The Morgan fingerprint density at radius 2 is 1.10 bits per heavy atom.